The molecule has 4 nitrogen and oxygen atoms in total. The highest BCUT2D eigenvalue weighted by Gasteiger charge is 2.09. The lowest BCUT2D eigenvalue weighted by Gasteiger charge is -2.10. The van der Waals surface area contributed by atoms with E-state index in [9.17, 15) is 0 Å². The van der Waals surface area contributed by atoms with Crippen LogP contribution in [0.15, 0.2) is 42.0 Å². The standard InChI is InChI=1S/C15H16N2O2/c1-5-10(2)17-12-6-7-16-13-9-15(19-4)14(18-3)8-11(12)13/h5-9H,1H2,2-4H3. The molecule has 0 aliphatic heterocycles. The van der Waals surface area contributed by atoms with Crippen molar-refractivity contribution in [2.45, 2.75) is 6.92 Å². The van der Waals surface area contributed by atoms with Crippen molar-refractivity contribution in [1.29, 1.82) is 0 Å². The molecule has 0 atom stereocenters. The maximum atomic E-state index is 5.31. The summed E-state index contributed by atoms with van der Waals surface area (Å²) in [5.74, 6) is 1.32. The molecule has 0 spiro atoms. The number of methoxy groups -OCH3 is 2. The van der Waals surface area contributed by atoms with Crippen LogP contribution >= 0.6 is 0 Å². The first-order valence-electron chi connectivity index (χ1n) is 5.88. The lowest BCUT2D eigenvalue weighted by molar-refractivity contribution is 0.356. The first kappa shape index (κ1) is 13.1. The summed E-state index contributed by atoms with van der Waals surface area (Å²) in [5, 5.41) is 0.918. The topological polar surface area (TPSA) is 43.7 Å². The van der Waals surface area contributed by atoms with E-state index in [2.05, 4.69) is 16.6 Å². The van der Waals surface area contributed by atoms with Crippen molar-refractivity contribution in [3.05, 3.63) is 37.1 Å². The van der Waals surface area contributed by atoms with Gasteiger partial charge in [0.1, 0.15) is 0 Å². The van der Waals surface area contributed by atoms with Crippen LogP contribution in [0.2, 0.25) is 0 Å². The molecule has 1 heterocycles. The van der Waals surface area contributed by atoms with E-state index in [4.69, 9.17) is 9.47 Å². The minimum Gasteiger partial charge on any atom is -0.493 e. The third-order valence-corrected chi connectivity index (χ3v) is 2.82. The zero-order valence-electron chi connectivity index (χ0n) is 11.3. The van der Waals surface area contributed by atoms with Gasteiger partial charge >= 0.3 is 0 Å². The van der Waals surface area contributed by atoms with Crippen LogP contribution in [-0.2, 0) is 0 Å². The molecule has 0 saturated carbocycles. The number of hydrogen-bond acceptors (Lipinski definition) is 4. The minimum atomic E-state index is 0.657. The smallest absolute Gasteiger partial charge is 0.162 e. The van der Waals surface area contributed by atoms with Crippen LogP contribution in [0.1, 0.15) is 6.92 Å². The fraction of sp³-hybridized carbons (Fsp3) is 0.200. The molecule has 0 N–H and O–H groups in total. The van der Waals surface area contributed by atoms with Gasteiger partial charge in [-0.05, 0) is 25.1 Å². The molecule has 0 unspecified atom stereocenters. The second kappa shape index (κ2) is 5.52. The Morgan fingerprint density at radius 1 is 1.26 bits per heavy atom. The fourth-order valence-electron chi connectivity index (χ4n) is 1.79. The molecule has 0 amide bonds. The zero-order valence-corrected chi connectivity index (χ0v) is 11.3. The number of benzene rings is 1. The van der Waals surface area contributed by atoms with Crippen molar-refractivity contribution < 1.29 is 9.47 Å². The van der Waals surface area contributed by atoms with Crippen molar-refractivity contribution in [3.8, 4) is 11.5 Å². The van der Waals surface area contributed by atoms with Gasteiger partial charge in [-0.1, -0.05) is 6.58 Å². The predicted octanol–water partition coefficient (Wildman–Crippen LogP) is 3.53. The molecule has 1 aromatic heterocycles. The number of aliphatic imine (C=N–C) groups is 1. The molecule has 0 radical (unpaired) electrons. The Morgan fingerprint density at radius 2 is 1.95 bits per heavy atom. The molecule has 0 saturated heterocycles. The molecule has 0 bridgehead atoms. The van der Waals surface area contributed by atoms with Crippen molar-refractivity contribution in [2.75, 3.05) is 14.2 Å². The molecule has 0 fully saturated rings. The summed E-state index contributed by atoms with van der Waals surface area (Å²) in [4.78, 5) is 8.83. The number of ether oxygens (including phenoxy) is 2. The van der Waals surface area contributed by atoms with Crippen LogP contribution in [0.4, 0.5) is 5.69 Å². The lowest BCUT2D eigenvalue weighted by atomic mass is 10.1. The van der Waals surface area contributed by atoms with Crippen LogP contribution in [-0.4, -0.2) is 24.9 Å². The highest BCUT2D eigenvalue weighted by molar-refractivity contribution is 5.99. The monoisotopic (exact) mass is 256 g/mol. The first-order valence-corrected chi connectivity index (χ1v) is 5.88. The molecule has 0 aliphatic rings. The molecular formula is C15H16N2O2. The van der Waals surface area contributed by atoms with Gasteiger partial charge < -0.3 is 9.47 Å². The maximum absolute atomic E-state index is 5.31. The van der Waals surface area contributed by atoms with Crippen LogP contribution < -0.4 is 9.47 Å². The number of fused-ring (bicyclic) bond motifs is 1. The Balaban J connectivity index is 2.70. The molecule has 98 valence electrons. The first-order chi connectivity index (χ1) is 9.19. The molecular weight excluding hydrogens is 240 g/mol. The number of allylic oxidation sites excluding steroid dienone is 1. The summed E-state index contributed by atoms with van der Waals surface area (Å²) >= 11 is 0. The maximum Gasteiger partial charge on any atom is 0.162 e. The van der Waals surface area contributed by atoms with E-state index in [0.29, 0.717) is 11.5 Å². The van der Waals surface area contributed by atoms with Gasteiger partial charge in [-0.3, -0.25) is 9.98 Å². The van der Waals surface area contributed by atoms with Gasteiger partial charge in [-0.15, -0.1) is 0 Å². The summed E-state index contributed by atoms with van der Waals surface area (Å²) in [6.45, 7) is 5.61. The highest BCUT2D eigenvalue weighted by Crippen LogP contribution is 2.35. The van der Waals surface area contributed by atoms with E-state index in [1.807, 2.05) is 25.1 Å². The van der Waals surface area contributed by atoms with Gasteiger partial charge in [0.05, 0.1) is 25.4 Å². The third-order valence-electron chi connectivity index (χ3n) is 2.82. The summed E-state index contributed by atoms with van der Waals surface area (Å²) in [7, 11) is 3.21. The highest BCUT2D eigenvalue weighted by atomic mass is 16.5. The molecule has 2 aromatic rings. The Hall–Kier alpha value is -2.36. The average molecular weight is 256 g/mol. The molecule has 0 aliphatic carbocycles. The Labute approximate surface area is 112 Å². The van der Waals surface area contributed by atoms with E-state index in [1.165, 1.54) is 0 Å². The van der Waals surface area contributed by atoms with Gasteiger partial charge in [-0.2, -0.15) is 0 Å². The van der Waals surface area contributed by atoms with Crippen LogP contribution in [0.25, 0.3) is 10.9 Å². The number of rotatable bonds is 4. The second-order valence-electron chi connectivity index (χ2n) is 4.01. The van der Waals surface area contributed by atoms with E-state index < -0.39 is 0 Å². The van der Waals surface area contributed by atoms with E-state index in [1.54, 1.807) is 26.5 Å². The Kier molecular flexibility index (Phi) is 3.80. The summed E-state index contributed by atoms with van der Waals surface area (Å²) < 4.78 is 10.6. The lowest BCUT2D eigenvalue weighted by Crippen LogP contribution is -1.92. The van der Waals surface area contributed by atoms with E-state index in [-0.39, 0.29) is 0 Å². The largest absolute Gasteiger partial charge is 0.493 e. The third kappa shape index (κ3) is 2.57. The molecule has 4 heteroatoms. The van der Waals surface area contributed by atoms with Crippen LogP contribution in [0.3, 0.4) is 0 Å². The SMILES string of the molecule is C=CC(C)=Nc1ccnc2cc(OC)c(OC)cc12. The molecule has 2 rings (SSSR count). The van der Waals surface area contributed by atoms with E-state index >= 15 is 0 Å². The average Bonchev–Trinajstić information content (AvgIpc) is 2.45. The Bertz CT molecular complexity index is 648. The second-order valence-corrected chi connectivity index (χ2v) is 4.01. The number of hydrogen-bond donors (Lipinski definition) is 0. The van der Waals surface area contributed by atoms with Crippen molar-refractivity contribution in [3.63, 3.8) is 0 Å². The van der Waals surface area contributed by atoms with Gasteiger partial charge in [0.15, 0.2) is 11.5 Å². The Morgan fingerprint density at radius 3 is 2.58 bits per heavy atom. The summed E-state index contributed by atoms with van der Waals surface area (Å²) in [5.41, 5.74) is 2.50. The van der Waals surface area contributed by atoms with Gasteiger partial charge in [0, 0.05) is 23.4 Å². The summed E-state index contributed by atoms with van der Waals surface area (Å²) in [6, 6.07) is 5.59. The molecule has 1 aromatic carbocycles. The zero-order chi connectivity index (χ0) is 13.8. The van der Waals surface area contributed by atoms with Crippen LogP contribution in [0.5, 0.6) is 11.5 Å². The normalized spacial score (nSPS) is 11.4. The van der Waals surface area contributed by atoms with Gasteiger partial charge in [0.25, 0.3) is 0 Å². The number of nitrogens with zero attached hydrogens (tertiary/aromatic N) is 2. The van der Waals surface area contributed by atoms with Gasteiger partial charge in [-0.25, -0.2) is 0 Å². The predicted molar refractivity (Wildman–Crippen MR) is 77.8 cm³/mol. The quantitative estimate of drug-likeness (QED) is 0.786. The van der Waals surface area contributed by atoms with Gasteiger partial charge in [0.2, 0.25) is 0 Å². The number of aromatic nitrogens is 1. The van der Waals surface area contributed by atoms with E-state index in [0.717, 1.165) is 22.3 Å². The van der Waals surface area contributed by atoms with Crippen molar-refractivity contribution >= 4 is 22.3 Å². The minimum absolute atomic E-state index is 0.657. The van der Waals surface area contributed by atoms with Crippen molar-refractivity contribution in [1.82, 2.24) is 4.98 Å². The fourth-order valence-corrected chi connectivity index (χ4v) is 1.79. The number of pyridine rings is 1. The van der Waals surface area contributed by atoms with Crippen molar-refractivity contribution in [2.24, 2.45) is 4.99 Å². The summed E-state index contributed by atoms with van der Waals surface area (Å²) in [6.07, 6.45) is 3.44. The van der Waals surface area contributed by atoms with Crippen LogP contribution in [0, 0.1) is 0 Å². The molecule has 19 heavy (non-hydrogen) atoms.